The molecule has 1 aromatic carbocycles. The first-order chi connectivity index (χ1) is 19.1. The second-order valence-corrected chi connectivity index (χ2v) is 13.4. The first-order valence-electron chi connectivity index (χ1n) is 14.9. The van der Waals surface area contributed by atoms with E-state index in [1.54, 1.807) is 19.0 Å². The number of hydrogen-bond donors (Lipinski definition) is 2. The van der Waals surface area contributed by atoms with Crippen molar-refractivity contribution in [2.75, 3.05) is 40.4 Å². The first kappa shape index (κ1) is 34.5. The van der Waals surface area contributed by atoms with E-state index in [1.807, 2.05) is 82.9 Å². The van der Waals surface area contributed by atoms with Gasteiger partial charge < -0.3 is 25.2 Å². The molecule has 230 valence electrons. The summed E-state index contributed by atoms with van der Waals surface area (Å²) >= 11 is 0. The second-order valence-electron chi connectivity index (χ2n) is 13.4. The fourth-order valence-corrected chi connectivity index (χ4v) is 5.53. The van der Waals surface area contributed by atoms with Gasteiger partial charge in [0.25, 0.3) is 0 Å². The molecule has 1 heterocycles. The SMILES string of the molecule is CNC(C(=O)N[C@H](C(=O)N(C)[C@H](/C=C(\C)COCC(=O)N1CCCC1)C(C)C)C(C)(C)C)C(C)(C)c1ccccc1. The standard InChI is InChI=1S/C33H54N4O4/c1-23(2)26(20-24(3)21-41-22-27(38)37-18-14-15-19-37)36(10)31(40)29(32(4,5)6)35-30(39)28(34-9)33(7,8)25-16-12-11-13-17-25/h11-13,16-17,20,23,26,28-29,34H,14-15,18-19,21-22H2,1-10H3,(H,35,39)/b24-20+/t26-,28?,29-/m1/s1. The Morgan fingerprint density at radius 1 is 1.00 bits per heavy atom. The van der Waals surface area contributed by atoms with E-state index in [1.165, 1.54) is 0 Å². The number of likely N-dealkylation sites (tertiary alicyclic amines) is 1. The lowest BCUT2D eigenvalue weighted by Crippen LogP contribution is -2.61. The van der Waals surface area contributed by atoms with Crippen molar-refractivity contribution >= 4 is 17.7 Å². The van der Waals surface area contributed by atoms with E-state index in [2.05, 4.69) is 24.5 Å². The zero-order valence-electron chi connectivity index (χ0n) is 27.0. The van der Waals surface area contributed by atoms with Crippen molar-refractivity contribution < 1.29 is 19.1 Å². The summed E-state index contributed by atoms with van der Waals surface area (Å²) in [6, 6.07) is 8.45. The predicted octanol–water partition coefficient (Wildman–Crippen LogP) is 4.15. The van der Waals surface area contributed by atoms with Crippen molar-refractivity contribution in [3.8, 4) is 0 Å². The minimum Gasteiger partial charge on any atom is -0.367 e. The number of hydrogen-bond acceptors (Lipinski definition) is 5. The highest BCUT2D eigenvalue weighted by Gasteiger charge is 2.41. The fourth-order valence-electron chi connectivity index (χ4n) is 5.53. The Bertz CT molecular complexity index is 1040. The van der Waals surface area contributed by atoms with E-state index in [4.69, 9.17) is 4.74 Å². The topological polar surface area (TPSA) is 91.0 Å². The Morgan fingerprint density at radius 2 is 1.59 bits per heavy atom. The quantitative estimate of drug-likeness (QED) is 0.348. The summed E-state index contributed by atoms with van der Waals surface area (Å²) in [5.74, 6) is -0.205. The molecule has 8 nitrogen and oxygen atoms in total. The van der Waals surface area contributed by atoms with Crippen molar-refractivity contribution in [1.82, 2.24) is 20.4 Å². The van der Waals surface area contributed by atoms with Gasteiger partial charge in [-0.15, -0.1) is 0 Å². The van der Waals surface area contributed by atoms with E-state index >= 15 is 0 Å². The van der Waals surface area contributed by atoms with Crippen LogP contribution in [0.25, 0.3) is 0 Å². The van der Waals surface area contributed by atoms with Crippen LogP contribution < -0.4 is 10.6 Å². The van der Waals surface area contributed by atoms with Gasteiger partial charge in [-0.3, -0.25) is 14.4 Å². The summed E-state index contributed by atoms with van der Waals surface area (Å²) in [7, 11) is 3.57. The van der Waals surface area contributed by atoms with Gasteiger partial charge in [-0.2, -0.15) is 0 Å². The minimum absolute atomic E-state index is 0.0297. The van der Waals surface area contributed by atoms with Gasteiger partial charge in [0.1, 0.15) is 12.6 Å². The molecule has 1 unspecified atom stereocenters. The molecule has 0 saturated carbocycles. The number of nitrogens with zero attached hydrogens (tertiary/aromatic N) is 2. The number of carbonyl (C=O) groups is 3. The smallest absolute Gasteiger partial charge is 0.248 e. The summed E-state index contributed by atoms with van der Waals surface area (Å²) in [5, 5.41) is 6.30. The van der Waals surface area contributed by atoms with Crippen LogP contribution in [0.4, 0.5) is 0 Å². The maximum Gasteiger partial charge on any atom is 0.248 e. The van der Waals surface area contributed by atoms with Crippen LogP contribution in [0.2, 0.25) is 0 Å². The molecule has 0 spiro atoms. The van der Waals surface area contributed by atoms with Crippen LogP contribution in [0.5, 0.6) is 0 Å². The molecule has 1 aliphatic rings. The number of amides is 3. The molecule has 2 N–H and O–H groups in total. The van der Waals surface area contributed by atoms with Crippen molar-refractivity contribution in [3.63, 3.8) is 0 Å². The summed E-state index contributed by atoms with van der Waals surface area (Å²) in [5.41, 5.74) is 0.965. The highest BCUT2D eigenvalue weighted by atomic mass is 16.5. The Kier molecular flexibility index (Phi) is 12.6. The van der Waals surface area contributed by atoms with Crippen LogP contribution in [-0.2, 0) is 24.5 Å². The van der Waals surface area contributed by atoms with Gasteiger partial charge in [-0.1, -0.05) is 84.9 Å². The molecule has 0 radical (unpaired) electrons. The van der Waals surface area contributed by atoms with Gasteiger partial charge in [-0.25, -0.2) is 0 Å². The number of ether oxygens (including phenoxy) is 1. The molecule has 8 heteroatoms. The summed E-state index contributed by atoms with van der Waals surface area (Å²) in [4.78, 5) is 43.6. The molecular formula is C33H54N4O4. The van der Waals surface area contributed by atoms with Crippen LogP contribution in [0.3, 0.4) is 0 Å². The van der Waals surface area contributed by atoms with Gasteiger partial charge in [0.15, 0.2) is 0 Å². The summed E-state index contributed by atoms with van der Waals surface area (Å²) in [6.07, 6.45) is 4.15. The van der Waals surface area contributed by atoms with E-state index in [0.29, 0.717) is 6.61 Å². The lowest BCUT2D eigenvalue weighted by Gasteiger charge is -2.40. The Morgan fingerprint density at radius 3 is 2.10 bits per heavy atom. The van der Waals surface area contributed by atoms with Gasteiger partial charge >= 0.3 is 0 Å². The monoisotopic (exact) mass is 570 g/mol. The van der Waals surface area contributed by atoms with Crippen LogP contribution in [0.1, 0.15) is 73.8 Å². The molecule has 1 aromatic rings. The molecule has 3 atom stereocenters. The van der Waals surface area contributed by atoms with Crippen molar-refractivity contribution in [3.05, 3.63) is 47.5 Å². The second kappa shape index (κ2) is 15.0. The molecule has 0 bridgehead atoms. The highest BCUT2D eigenvalue weighted by molar-refractivity contribution is 5.91. The zero-order valence-corrected chi connectivity index (χ0v) is 27.0. The molecule has 1 aliphatic heterocycles. The Balaban J connectivity index is 2.17. The van der Waals surface area contributed by atoms with Gasteiger partial charge in [-0.05, 0) is 49.3 Å². The fraction of sp³-hybridized carbons (Fsp3) is 0.667. The molecule has 1 saturated heterocycles. The van der Waals surface area contributed by atoms with E-state index in [0.717, 1.165) is 37.1 Å². The predicted molar refractivity (Wildman–Crippen MR) is 165 cm³/mol. The minimum atomic E-state index is -0.730. The third-order valence-corrected chi connectivity index (χ3v) is 8.14. The molecule has 3 amide bonds. The summed E-state index contributed by atoms with van der Waals surface area (Å²) in [6.45, 7) is 18.1. The average molecular weight is 571 g/mol. The lowest BCUT2D eigenvalue weighted by atomic mass is 9.76. The van der Waals surface area contributed by atoms with Crippen LogP contribution in [0, 0.1) is 11.3 Å². The van der Waals surface area contributed by atoms with Crippen LogP contribution >= 0.6 is 0 Å². The first-order valence-corrected chi connectivity index (χ1v) is 14.9. The number of nitrogens with one attached hydrogen (secondary N) is 2. The van der Waals surface area contributed by atoms with E-state index < -0.39 is 22.9 Å². The molecular weight excluding hydrogens is 516 g/mol. The highest BCUT2D eigenvalue weighted by Crippen LogP contribution is 2.29. The molecule has 2 rings (SSSR count). The number of likely N-dealkylation sites (N-methyl/N-ethyl adjacent to an activating group) is 2. The van der Waals surface area contributed by atoms with E-state index in [-0.39, 0.29) is 36.3 Å². The molecule has 0 aromatic heterocycles. The number of carbonyl (C=O) groups excluding carboxylic acids is 3. The number of rotatable bonds is 13. The largest absolute Gasteiger partial charge is 0.367 e. The third kappa shape index (κ3) is 9.40. The van der Waals surface area contributed by atoms with Crippen molar-refractivity contribution in [2.24, 2.45) is 11.3 Å². The Labute approximate surface area is 248 Å². The van der Waals surface area contributed by atoms with Crippen LogP contribution in [-0.4, -0.2) is 86.0 Å². The van der Waals surface area contributed by atoms with Gasteiger partial charge in [0.05, 0.1) is 18.7 Å². The molecule has 1 fully saturated rings. The zero-order chi connectivity index (χ0) is 31.0. The van der Waals surface area contributed by atoms with Crippen molar-refractivity contribution in [1.29, 1.82) is 0 Å². The maximum absolute atomic E-state index is 14.0. The molecule has 0 aliphatic carbocycles. The average Bonchev–Trinajstić information content (AvgIpc) is 3.45. The Hall–Kier alpha value is -2.71. The third-order valence-electron chi connectivity index (χ3n) is 8.14. The van der Waals surface area contributed by atoms with Gasteiger partial charge in [0, 0.05) is 25.6 Å². The molecule has 41 heavy (non-hydrogen) atoms. The summed E-state index contributed by atoms with van der Waals surface area (Å²) < 4.78 is 5.72. The van der Waals surface area contributed by atoms with E-state index in [9.17, 15) is 14.4 Å². The maximum atomic E-state index is 14.0. The van der Waals surface area contributed by atoms with Gasteiger partial charge in [0.2, 0.25) is 17.7 Å². The number of benzene rings is 1. The van der Waals surface area contributed by atoms with Crippen molar-refractivity contribution in [2.45, 2.75) is 91.8 Å². The van der Waals surface area contributed by atoms with Crippen LogP contribution in [0.15, 0.2) is 42.0 Å². The lowest BCUT2D eigenvalue weighted by molar-refractivity contribution is -0.140. The normalized spacial score (nSPS) is 16.9.